The van der Waals surface area contributed by atoms with Gasteiger partial charge in [-0.15, -0.1) is 11.3 Å². The van der Waals surface area contributed by atoms with Crippen molar-refractivity contribution in [2.75, 3.05) is 38.2 Å². The molecule has 2 aromatic rings. The van der Waals surface area contributed by atoms with Crippen LogP contribution in [-0.4, -0.2) is 54.2 Å². The Morgan fingerprint density at radius 2 is 2.17 bits per heavy atom. The van der Waals surface area contributed by atoms with Gasteiger partial charge < -0.3 is 25.4 Å². The number of piperazine rings is 1. The highest BCUT2D eigenvalue weighted by atomic mass is 32.1. The van der Waals surface area contributed by atoms with Gasteiger partial charge in [-0.25, -0.2) is 9.98 Å². The molecular weight excluding hydrogens is 326 g/mol. The number of phenols is 1. The third kappa shape index (κ3) is 3.53. The molecule has 1 fully saturated rings. The molecule has 7 nitrogen and oxygen atoms in total. The number of benzene rings is 1. The zero-order valence-corrected chi connectivity index (χ0v) is 14.4. The molecular formula is C16H21N5O2S. The SMILES string of the molecule is COc1cccc(CN=C(N)N2CCN(c3nccs3)CC2)c1O. The lowest BCUT2D eigenvalue weighted by Crippen LogP contribution is -2.51. The number of phenolic OH excluding ortho intramolecular Hbond substituents is 1. The van der Waals surface area contributed by atoms with Crippen LogP contribution in [0.15, 0.2) is 34.8 Å². The van der Waals surface area contributed by atoms with E-state index in [2.05, 4.69) is 19.8 Å². The van der Waals surface area contributed by atoms with E-state index in [9.17, 15) is 5.11 Å². The Morgan fingerprint density at radius 3 is 2.83 bits per heavy atom. The fourth-order valence-electron chi connectivity index (χ4n) is 2.63. The molecule has 1 saturated heterocycles. The van der Waals surface area contributed by atoms with E-state index in [1.54, 1.807) is 17.4 Å². The summed E-state index contributed by atoms with van der Waals surface area (Å²) in [4.78, 5) is 13.1. The van der Waals surface area contributed by atoms with Gasteiger partial charge in [-0.05, 0) is 6.07 Å². The second kappa shape index (κ2) is 7.39. The monoisotopic (exact) mass is 347 g/mol. The molecule has 0 spiro atoms. The number of methoxy groups -OCH3 is 1. The molecule has 2 heterocycles. The van der Waals surface area contributed by atoms with E-state index in [4.69, 9.17) is 10.5 Å². The minimum Gasteiger partial charge on any atom is -0.504 e. The number of aromatic nitrogens is 1. The van der Waals surface area contributed by atoms with Crippen LogP contribution in [0, 0.1) is 0 Å². The molecule has 0 aliphatic carbocycles. The predicted molar refractivity (Wildman–Crippen MR) is 95.9 cm³/mol. The minimum atomic E-state index is 0.116. The van der Waals surface area contributed by atoms with Gasteiger partial charge in [-0.2, -0.15) is 0 Å². The van der Waals surface area contributed by atoms with E-state index in [0.717, 1.165) is 31.3 Å². The molecule has 3 N–H and O–H groups in total. The van der Waals surface area contributed by atoms with E-state index in [0.29, 0.717) is 23.8 Å². The van der Waals surface area contributed by atoms with Crippen molar-refractivity contribution in [3.63, 3.8) is 0 Å². The van der Waals surface area contributed by atoms with Gasteiger partial charge in [0, 0.05) is 43.3 Å². The number of aromatic hydroxyl groups is 1. The first-order valence-corrected chi connectivity index (χ1v) is 8.61. The van der Waals surface area contributed by atoms with Crippen molar-refractivity contribution in [1.29, 1.82) is 0 Å². The Kier molecular flexibility index (Phi) is 5.05. The number of ether oxygens (including phenoxy) is 1. The molecule has 1 aromatic carbocycles. The molecule has 0 bridgehead atoms. The van der Waals surface area contributed by atoms with Crippen LogP contribution in [0.3, 0.4) is 0 Å². The van der Waals surface area contributed by atoms with Gasteiger partial charge in [-0.1, -0.05) is 12.1 Å². The van der Waals surface area contributed by atoms with Gasteiger partial charge in [0.25, 0.3) is 0 Å². The molecule has 0 atom stereocenters. The molecule has 0 unspecified atom stereocenters. The molecule has 0 saturated carbocycles. The number of hydrogen-bond donors (Lipinski definition) is 2. The summed E-state index contributed by atoms with van der Waals surface area (Å²) in [6, 6.07) is 5.35. The maximum absolute atomic E-state index is 10.1. The van der Waals surface area contributed by atoms with Crippen LogP contribution in [0.2, 0.25) is 0 Å². The average Bonchev–Trinajstić information content (AvgIpc) is 3.15. The Balaban J connectivity index is 1.59. The van der Waals surface area contributed by atoms with Gasteiger partial charge in [0.15, 0.2) is 22.6 Å². The first-order chi connectivity index (χ1) is 11.7. The second-order valence-corrected chi connectivity index (χ2v) is 6.30. The number of hydrogen-bond acceptors (Lipinski definition) is 6. The van der Waals surface area contributed by atoms with Gasteiger partial charge in [-0.3, -0.25) is 0 Å². The van der Waals surface area contributed by atoms with Crippen LogP contribution in [-0.2, 0) is 6.54 Å². The van der Waals surface area contributed by atoms with E-state index in [1.165, 1.54) is 7.11 Å². The first-order valence-electron chi connectivity index (χ1n) is 7.73. The number of thiazole rings is 1. The summed E-state index contributed by atoms with van der Waals surface area (Å²) in [5.74, 6) is 1.06. The summed E-state index contributed by atoms with van der Waals surface area (Å²) in [6.45, 7) is 3.67. The van der Waals surface area contributed by atoms with Crippen molar-refractivity contribution >= 4 is 22.4 Å². The number of para-hydroxylation sites is 1. The number of guanidine groups is 1. The van der Waals surface area contributed by atoms with Gasteiger partial charge in [0.1, 0.15) is 0 Å². The van der Waals surface area contributed by atoms with Crippen LogP contribution in [0.5, 0.6) is 11.5 Å². The van der Waals surface area contributed by atoms with Crippen molar-refractivity contribution in [3.8, 4) is 11.5 Å². The number of anilines is 1. The molecule has 24 heavy (non-hydrogen) atoms. The molecule has 1 aliphatic heterocycles. The lowest BCUT2D eigenvalue weighted by molar-refractivity contribution is 0.370. The van der Waals surface area contributed by atoms with E-state index >= 15 is 0 Å². The number of aliphatic imine (C=N–C) groups is 1. The summed E-state index contributed by atoms with van der Waals surface area (Å²) in [5.41, 5.74) is 6.81. The van der Waals surface area contributed by atoms with Crippen molar-refractivity contribution in [2.45, 2.75) is 6.54 Å². The molecule has 0 amide bonds. The molecule has 0 radical (unpaired) electrons. The van der Waals surface area contributed by atoms with Crippen molar-refractivity contribution < 1.29 is 9.84 Å². The summed E-state index contributed by atoms with van der Waals surface area (Å²) >= 11 is 1.65. The Hall–Kier alpha value is -2.48. The van der Waals surface area contributed by atoms with E-state index < -0.39 is 0 Å². The lowest BCUT2D eigenvalue weighted by atomic mass is 10.2. The van der Waals surface area contributed by atoms with Crippen LogP contribution in [0.4, 0.5) is 5.13 Å². The number of nitrogens with two attached hydrogens (primary N) is 1. The third-order valence-corrected chi connectivity index (χ3v) is 4.84. The minimum absolute atomic E-state index is 0.116. The predicted octanol–water partition coefficient (Wildman–Crippen LogP) is 1.49. The molecule has 1 aromatic heterocycles. The quantitative estimate of drug-likeness (QED) is 0.644. The Morgan fingerprint density at radius 1 is 1.38 bits per heavy atom. The second-order valence-electron chi connectivity index (χ2n) is 5.43. The highest BCUT2D eigenvalue weighted by Crippen LogP contribution is 2.29. The Labute approximate surface area is 145 Å². The zero-order chi connectivity index (χ0) is 16.9. The molecule has 1 aliphatic rings. The third-order valence-electron chi connectivity index (χ3n) is 4.01. The molecule has 3 rings (SSSR count). The standard InChI is InChI=1S/C16H21N5O2S/c1-23-13-4-2-3-12(14(13)22)11-19-15(17)20-6-8-21(9-7-20)16-18-5-10-24-16/h2-5,10,22H,6-9,11H2,1H3,(H2,17,19). The maximum Gasteiger partial charge on any atom is 0.191 e. The Bertz CT molecular complexity index is 696. The highest BCUT2D eigenvalue weighted by molar-refractivity contribution is 7.13. The number of nitrogens with zero attached hydrogens (tertiary/aromatic N) is 4. The van der Waals surface area contributed by atoms with Crippen LogP contribution < -0.4 is 15.4 Å². The van der Waals surface area contributed by atoms with Crippen LogP contribution in [0.25, 0.3) is 0 Å². The maximum atomic E-state index is 10.1. The summed E-state index contributed by atoms with van der Waals surface area (Å²) in [7, 11) is 1.53. The summed E-state index contributed by atoms with van der Waals surface area (Å²) in [6.07, 6.45) is 1.82. The van der Waals surface area contributed by atoms with Crippen LogP contribution >= 0.6 is 11.3 Å². The summed E-state index contributed by atoms with van der Waals surface area (Å²) in [5, 5.41) is 13.1. The van der Waals surface area contributed by atoms with Gasteiger partial charge in [0.2, 0.25) is 0 Å². The first kappa shape index (κ1) is 16.4. The number of rotatable bonds is 4. The normalized spacial score (nSPS) is 15.6. The largest absolute Gasteiger partial charge is 0.504 e. The lowest BCUT2D eigenvalue weighted by Gasteiger charge is -2.35. The van der Waals surface area contributed by atoms with Crippen LogP contribution in [0.1, 0.15) is 5.56 Å². The average molecular weight is 347 g/mol. The van der Waals surface area contributed by atoms with Gasteiger partial charge in [0.05, 0.1) is 13.7 Å². The zero-order valence-electron chi connectivity index (χ0n) is 13.6. The summed E-state index contributed by atoms with van der Waals surface area (Å²) < 4.78 is 5.11. The fourth-order valence-corrected chi connectivity index (χ4v) is 3.32. The van der Waals surface area contributed by atoms with Crippen molar-refractivity contribution in [1.82, 2.24) is 9.88 Å². The fraction of sp³-hybridized carbons (Fsp3) is 0.375. The smallest absolute Gasteiger partial charge is 0.191 e. The van der Waals surface area contributed by atoms with Crippen molar-refractivity contribution in [3.05, 3.63) is 35.3 Å². The molecule has 128 valence electrons. The van der Waals surface area contributed by atoms with Gasteiger partial charge >= 0.3 is 0 Å². The molecule has 8 heteroatoms. The van der Waals surface area contributed by atoms with Crippen molar-refractivity contribution in [2.24, 2.45) is 10.7 Å². The topological polar surface area (TPSA) is 87.2 Å². The van der Waals surface area contributed by atoms with E-state index in [-0.39, 0.29) is 5.75 Å². The highest BCUT2D eigenvalue weighted by Gasteiger charge is 2.19. The van der Waals surface area contributed by atoms with E-state index in [1.807, 2.05) is 23.7 Å².